The third kappa shape index (κ3) is 8.84. The number of nitrogens with one attached hydrogen (secondary N) is 3. The summed E-state index contributed by atoms with van der Waals surface area (Å²) >= 11 is 1.76. The van der Waals surface area contributed by atoms with E-state index in [4.69, 9.17) is 0 Å². The van der Waals surface area contributed by atoms with Crippen molar-refractivity contribution < 1.29 is 8.42 Å². The van der Waals surface area contributed by atoms with Gasteiger partial charge in [0.1, 0.15) is 4.90 Å². The van der Waals surface area contributed by atoms with E-state index in [0.29, 0.717) is 25.0 Å². The third-order valence-electron chi connectivity index (χ3n) is 3.69. The minimum Gasteiger partial charge on any atom is -0.357 e. The average molecular weight is 537 g/mol. The zero-order chi connectivity index (χ0) is 19.5. The minimum atomic E-state index is -3.54. The van der Waals surface area contributed by atoms with Gasteiger partial charge in [-0.05, 0) is 42.8 Å². The van der Waals surface area contributed by atoms with Gasteiger partial charge >= 0.3 is 0 Å². The van der Waals surface area contributed by atoms with E-state index in [1.165, 1.54) is 17.1 Å². The van der Waals surface area contributed by atoms with Crippen LogP contribution in [-0.2, 0) is 16.4 Å². The molecule has 2 heterocycles. The summed E-state index contributed by atoms with van der Waals surface area (Å²) in [6.45, 7) is 6.31. The highest BCUT2D eigenvalue weighted by Gasteiger charge is 2.12. The Morgan fingerprint density at radius 3 is 2.71 bits per heavy atom. The Kier molecular flexibility index (Phi) is 11.6. The Balaban J connectivity index is 0.00000392. The van der Waals surface area contributed by atoms with E-state index in [2.05, 4.69) is 49.8 Å². The normalized spacial score (nSPS) is 12.9. The second-order valence-corrected chi connectivity index (χ2v) is 8.92. The van der Waals surface area contributed by atoms with Crippen LogP contribution in [0.2, 0.25) is 0 Å². The molecule has 156 valence electrons. The van der Waals surface area contributed by atoms with Gasteiger partial charge < -0.3 is 10.6 Å². The molecule has 2 aromatic heterocycles. The van der Waals surface area contributed by atoms with Crippen LogP contribution in [0, 0.1) is 5.92 Å². The molecular weight excluding hydrogens is 509 g/mol. The first-order chi connectivity index (χ1) is 13.0. The molecule has 0 radical (unpaired) electrons. The van der Waals surface area contributed by atoms with E-state index in [1.807, 2.05) is 6.92 Å². The van der Waals surface area contributed by atoms with Crippen molar-refractivity contribution in [3.63, 3.8) is 0 Å². The van der Waals surface area contributed by atoms with Crippen LogP contribution in [0.25, 0.3) is 0 Å². The lowest BCUT2D eigenvalue weighted by Gasteiger charge is -2.13. The first kappa shape index (κ1) is 24.8. The highest BCUT2D eigenvalue weighted by Crippen LogP contribution is 2.14. The number of thiophene rings is 1. The largest absolute Gasteiger partial charge is 0.357 e. The number of nitrogens with zero attached hydrogens (tertiary/aromatic N) is 2. The van der Waals surface area contributed by atoms with Gasteiger partial charge in [0.05, 0.1) is 0 Å². The van der Waals surface area contributed by atoms with Crippen LogP contribution in [0.3, 0.4) is 0 Å². The van der Waals surface area contributed by atoms with Crippen molar-refractivity contribution in [3.05, 3.63) is 46.9 Å². The van der Waals surface area contributed by atoms with Crippen LogP contribution in [0.1, 0.15) is 18.7 Å². The summed E-state index contributed by atoms with van der Waals surface area (Å²) in [5.41, 5.74) is 0. The fourth-order valence-electron chi connectivity index (χ4n) is 2.38. The van der Waals surface area contributed by atoms with Crippen LogP contribution in [0.4, 0.5) is 0 Å². The van der Waals surface area contributed by atoms with Crippen molar-refractivity contribution >= 4 is 51.3 Å². The van der Waals surface area contributed by atoms with Crippen LogP contribution in [0.15, 0.2) is 51.9 Å². The van der Waals surface area contributed by atoms with E-state index in [-0.39, 0.29) is 35.4 Å². The van der Waals surface area contributed by atoms with Crippen molar-refractivity contribution in [2.45, 2.75) is 25.2 Å². The molecule has 1 atom stereocenters. The lowest BCUT2D eigenvalue weighted by molar-refractivity contribution is 0.579. The summed E-state index contributed by atoms with van der Waals surface area (Å²) in [5, 5.41) is 8.43. The fourth-order valence-corrected chi connectivity index (χ4v) is 4.25. The number of halogens is 1. The van der Waals surface area contributed by atoms with E-state index in [0.717, 1.165) is 13.0 Å². The molecule has 10 heteroatoms. The summed E-state index contributed by atoms with van der Waals surface area (Å²) in [6.07, 6.45) is 3.88. The maximum atomic E-state index is 12.1. The number of aromatic nitrogens is 1. The molecule has 3 N–H and O–H groups in total. The number of guanidine groups is 1. The van der Waals surface area contributed by atoms with E-state index in [1.54, 1.807) is 23.6 Å². The molecule has 2 aromatic rings. The molecule has 0 saturated heterocycles. The Labute approximate surface area is 188 Å². The van der Waals surface area contributed by atoms with Gasteiger partial charge in [0.25, 0.3) is 0 Å². The van der Waals surface area contributed by atoms with Crippen LogP contribution in [0.5, 0.6) is 0 Å². The quantitative estimate of drug-likeness (QED) is 0.187. The van der Waals surface area contributed by atoms with Crippen molar-refractivity contribution in [2.75, 3.05) is 26.2 Å². The summed E-state index contributed by atoms with van der Waals surface area (Å²) in [6, 6.07) is 7.32. The minimum absolute atomic E-state index is 0. The monoisotopic (exact) mass is 537 g/mol. The van der Waals surface area contributed by atoms with Crippen LogP contribution in [-0.4, -0.2) is 45.5 Å². The van der Waals surface area contributed by atoms with Gasteiger partial charge in [-0.15, -0.1) is 35.3 Å². The van der Waals surface area contributed by atoms with Crippen LogP contribution >= 0.6 is 35.3 Å². The van der Waals surface area contributed by atoms with Crippen molar-refractivity contribution in [1.82, 2.24) is 20.3 Å². The number of pyridine rings is 1. The van der Waals surface area contributed by atoms with E-state index in [9.17, 15) is 8.42 Å². The zero-order valence-corrected chi connectivity index (χ0v) is 20.1. The van der Waals surface area contributed by atoms with Gasteiger partial charge in [-0.1, -0.05) is 13.0 Å². The highest BCUT2D eigenvalue weighted by molar-refractivity contribution is 14.0. The number of rotatable bonds is 10. The summed E-state index contributed by atoms with van der Waals surface area (Å²) in [7, 11) is -3.54. The average Bonchev–Trinajstić information content (AvgIpc) is 3.17. The highest BCUT2D eigenvalue weighted by atomic mass is 127. The van der Waals surface area contributed by atoms with Crippen molar-refractivity contribution in [2.24, 2.45) is 10.9 Å². The van der Waals surface area contributed by atoms with Gasteiger partial charge in [-0.3, -0.25) is 9.98 Å². The van der Waals surface area contributed by atoms with Crippen molar-refractivity contribution in [3.8, 4) is 0 Å². The predicted octanol–water partition coefficient (Wildman–Crippen LogP) is 2.47. The summed E-state index contributed by atoms with van der Waals surface area (Å²) < 4.78 is 26.8. The number of hydrogen-bond acceptors (Lipinski definition) is 5. The molecule has 0 bridgehead atoms. The molecule has 7 nitrogen and oxygen atoms in total. The predicted molar refractivity (Wildman–Crippen MR) is 126 cm³/mol. The molecule has 0 aliphatic rings. The van der Waals surface area contributed by atoms with Gasteiger partial charge in [0.15, 0.2) is 5.96 Å². The molecule has 0 saturated carbocycles. The van der Waals surface area contributed by atoms with Crippen LogP contribution < -0.4 is 15.4 Å². The Morgan fingerprint density at radius 2 is 2.07 bits per heavy atom. The molecule has 0 aliphatic heterocycles. The smallest absolute Gasteiger partial charge is 0.242 e. The molecule has 0 aromatic carbocycles. The van der Waals surface area contributed by atoms with E-state index >= 15 is 0 Å². The lowest BCUT2D eigenvalue weighted by Crippen LogP contribution is -2.41. The molecule has 0 spiro atoms. The first-order valence-electron chi connectivity index (χ1n) is 8.95. The molecular formula is C18H28IN5O2S2. The Hall–Kier alpha value is -1.24. The number of aliphatic imine (C=N–C) groups is 1. The van der Waals surface area contributed by atoms with Crippen molar-refractivity contribution in [1.29, 1.82) is 0 Å². The fraction of sp³-hybridized carbons (Fsp3) is 0.444. The van der Waals surface area contributed by atoms with Gasteiger partial charge in [0.2, 0.25) is 10.0 Å². The van der Waals surface area contributed by atoms with Gasteiger partial charge in [-0.2, -0.15) is 0 Å². The first-order valence-corrected chi connectivity index (χ1v) is 11.3. The maximum Gasteiger partial charge on any atom is 0.242 e. The molecule has 0 fully saturated rings. The Morgan fingerprint density at radius 1 is 1.25 bits per heavy atom. The molecule has 0 amide bonds. The van der Waals surface area contributed by atoms with Gasteiger partial charge in [-0.25, -0.2) is 13.1 Å². The second-order valence-electron chi connectivity index (χ2n) is 6.12. The zero-order valence-electron chi connectivity index (χ0n) is 16.1. The van der Waals surface area contributed by atoms with E-state index < -0.39 is 10.0 Å². The number of sulfonamides is 1. The Bertz CT molecular complexity index is 799. The van der Waals surface area contributed by atoms with Gasteiger partial charge in [0, 0.05) is 43.4 Å². The molecule has 1 unspecified atom stereocenters. The second kappa shape index (κ2) is 13.1. The maximum absolute atomic E-state index is 12.1. The molecule has 2 rings (SSSR count). The molecule has 0 aliphatic carbocycles. The summed E-state index contributed by atoms with van der Waals surface area (Å²) in [4.78, 5) is 9.96. The number of hydrogen-bond donors (Lipinski definition) is 3. The summed E-state index contributed by atoms with van der Waals surface area (Å²) in [5.74, 6) is 1.12. The topological polar surface area (TPSA) is 95.5 Å². The molecule has 28 heavy (non-hydrogen) atoms. The lowest BCUT2D eigenvalue weighted by atomic mass is 10.1. The standard InChI is InChI=1S/C18H27N5O2S2.HI/c1-3-20-18(22-13-15(2)12-16-6-5-11-26-16)21-9-10-23-27(24,25)17-7-4-8-19-14-17;/h4-8,11,14-15,23H,3,9-10,12-13H2,1-2H3,(H2,20,21,22);1H. The SMILES string of the molecule is CCNC(=NCC(C)Cc1cccs1)NCCNS(=O)(=O)c1cccnc1.I. The third-order valence-corrected chi connectivity index (χ3v) is 6.03.